The lowest BCUT2D eigenvalue weighted by Gasteiger charge is -2.23. The fourth-order valence-electron chi connectivity index (χ4n) is 1.33. The largest absolute Gasteiger partial charge is 0.520 e. The Morgan fingerprint density at radius 1 is 1.27 bits per heavy atom. The molecule has 0 bridgehead atoms. The Morgan fingerprint density at radius 3 is 2.33 bits per heavy atom. The third-order valence-electron chi connectivity index (χ3n) is 1.97. The second-order valence-corrected chi connectivity index (χ2v) is 7.00. The van der Waals surface area contributed by atoms with E-state index in [-0.39, 0.29) is 0 Å². The van der Waals surface area contributed by atoms with Crippen molar-refractivity contribution in [2.75, 3.05) is 6.61 Å². The highest BCUT2D eigenvalue weighted by Gasteiger charge is 2.25. The van der Waals surface area contributed by atoms with Crippen molar-refractivity contribution < 1.29 is 8.85 Å². The van der Waals surface area contributed by atoms with E-state index < -0.39 is 8.56 Å². The first-order chi connectivity index (χ1) is 7.07. The molecular formula is C12H18O2Si. The van der Waals surface area contributed by atoms with Gasteiger partial charge in [0, 0.05) is 6.61 Å². The summed E-state index contributed by atoms with van der Waals surface area (Å²) < 4.78 is 11.4. The Balaban J connectivity index is 2.68. The maximum atomic E-state index is 5.82. The van der Waals surface area contributed by atoms with Gasteiger partial charge in [-0.15, -0.1) is 0 Å². The van der Waals surface area contributed by atoms with Crippen LogP contribution in [0.25, 0.3) is 6.08 Å². The Morgan fingerprint density at radius 2 is 1.87 bits per heavy atom. The number of hydrogen-bond donors (Lipinski definition) is 0. The van der Waals surface area contributed by atoms with E-state index in [0.717, 1.165) is 11.3 Å². The van der Waals surface area contributed by atoms with E-state index in [1.165, 1.54) is 0 Å². The van der Waals surface area contributed by atoms with Gasteiger partial charge in [-0.2, -0.15) is 0 Å². The summed E-state index contributed by atoms with van der Waals surface area (Å²) in [6.07, 6.45) is 1.81. The van der Waals surface area contributed by atoms with Crippen LogP contribution in [0.15, 0.2) is 30.8 Å². The van der Waals surface area contributed by atoms with Crippen LogP contribution in [-0.2, 0) is 4.43 Å². The summed E-state index contributed by atoms with van der Waals surface area (Å²) in [5.41, 5.74) is 1.10. The molecule has 1 aromatic rings. The van der Waals surface area contributed by atoms with Crippen LogP contribution in [0.3, 0.4) is 0 Å². The third-order valence-corrected chi connectivity index (χ3v) is 3.68. The van der Waals surface area contributed by atoms with Crippen molar-refractivity contribution in [3.05, 3.63) is 36.4 Å². The maximum Gasteiger partial charge on any atom is 0.392 e. The van der Waals surface area contributed by atoms with Crippen LogP contribution in [0.5, 0.6) is 5.75 Å². The minimum atomic E-state index is -2.00. The summed E-state index contributed by atoms with van der Waals surface area (Å²) in [7, 11) is -2.00. The van der Waals surface area contributed by atoms with Crippen molar-refractivity contribution in [2.45, 2.75) is 20.0 Å². The van der Waals surface area contributed by atoms with Gasteiger partial charge in [-0.05, 0) is 37.7 Å². The predicted octanol–water partition coefficient (Wildman–Crippen LogP) is 3.45. The second kappa shape index (κ2) is 5.14. The highest BCUT2D eigenvalue weighted by atomic mass is 28.4. The molecule has 0 aliphatic carbocycles. The molecule has 0 aliphatic heterocycles. The van der Waals surface area contributed by atoms with Gasteiger partial charge < -0.3 is 8.85 Å². The van der Waals surface area contributed by atoms with Crippen molar-refractivity contribution in [1.29, 1.82) is 0 Å². The van der Waals surface area contributed by atoms with Crippen molar-refractivity contribution in [3.8, 4) is 5.75 Å². The first kappa shape index (κ1) is 12.0. The van der Waals surface area contributed by atoms with Crippen LogP contribution in [0.1, 0.15) is 12.5 Å². The smallest absolute Gasteiger partial charge is 0.392 e. The number of benzene rings is 1. The molecule has 0 radical (unpaired) electrons. The average molecular weight is 222 g/mol. The molecule has 0 amide bonds. The maximum absolute atomic E-state index is 5.82. The van der Waals surface area contributed by atoms with E-state index in [1.54, 1.807) is 0 Å². The van der Waals surface area contributed by atoms with Gasteiger partial charge in [-0.1, -0.05) is 24.8 Å². The highest BCUT2D eigenvalue weighted by Crippen LogP contribution is 2.17. The molecule has 3 heteroatoms. The van der Waals surface area contributed by atoms with Crippen molar-refractivity contribution in [1.82, 2.24) is 0 Å². The SMILES string of the molecule is C=Cc1ccc(O[Si](C)(C)OCC)cc1. The number of rotatable bonds is 5. The van der Waals surface area contributed by atoms with Gasteiger partial charge in [0.05, 0.1) is 0 Å². The summed E-state index contributed by atoms with van der Waals surface area (Å²) in [6, 6.07) is 7.87. The van der Waals surface area contributed by atoms with Crippen LogP contribution in [0.2, 0.25) is 13.1 Å². The summed E-state index contributed by atoms with van der Waals surface area (Å²) in [5, 5.41) is 0. The predicted molar refractivity (Wildman–Crippen MR) is 66.3 cm³/mol. The van der Waals surface area contributed by atoms with Gasteiger partial charge >= 0.3 is 8.56 Å². The lowest BCUT2D eigenvalue weighted by Crippen LogP contribution is -2.38. The standard InChI is InChI=1S/C12H18O2Si/c1-5-11-7-9-12(10-8-11)14-15(3,4)13-6-2/h5,7-10H,1,6H2,2-4H3. The zero-order valence-corrected chi connectivity index (χ0v) is 10.6. The van der Waals surface area contributed by atoms with E-state index in [2.05, 4.69) is 6.58 Å². The van der Waals surface area contributed by atoms with Crippen LogP contribution in [-0.4, -0.2) is 15.2 Å². The van der Waals surface area contributed by atoms with E-state index >= 15 is 0 Å². The van der Waals surface area contributed by atoms with Crippen LogP contribution in [0.4, 0.5) is 0 Å². The molecule has 0 aromatic heterocycles. The molecular weight excluding hydrogens is 204 g/mol. The van der Waals surface area contributed by atoms with Crippen molar-refractivity contribution >= 4 is 14.6 Å². The van der Waals surface area contributed by atoms with Gasteiger partial charge in [0.2, 0.25) is 0 Å². The Bertz CT molecular complexity index is 317. The first-order valence-electron chi connectivity index (χ1n) is 5.13. The Kier molecular flexibility index (Phi) is 4.12. The molecule has 0 aliphatic rings. The van der Waals surface area contributed by atoms with Gasteiger partial charge in [0.1, 0.15) is 5.75 Å². The quantitative estimate of drug-likeness (QED) is 0.710. The van der Waals surface area contributed by atoms with Gasteiger partial charge in [0.25, 0.3) is 0 Å². The van der Waals surface area contributed by atoms with E-state index in [9.17, 15) is 0 Å². The fourth-order valence-corrected chi connectivity index (χ4v) is 2.79. The molecule has 1 rings (SSSR count). The number of hydrogen-bond acceptors (Lipinski definition) is 2. The van der Waals surface area contributed by atoms with Gasteiger partial charge in [-0.3, -0.25) is 0 Å². The molecule has 0 N–H and O–H groups in total. The molecule has 82 valence electrons. The molecule has 0 heterocycles. The van der Waals surface area contributed by atoms with E-state index in [0.29, 0.717) is 6.61 Å². The summed E-state index contributed by atoms with van der Waals surface area (Å²) >= 11 is 0. The molecule has 0 unspecified atom stereocenters. The monoisotopic (exact) mass is 222 g/mol. The summed E-state index contributed by atoms with van der Waals surface area (Å²) in [4.78, 5) is 0. The van der Waals surface area contributed by atoms with Crippen molar-refractivity contribution in [2.24, 2.45) is 0 Å². The zero-order chi connectivity index (χ0) is 11.3. The molecule has 15 heavy (non-hydrogen) atoms. The molecule has 0 spiro atoms. The topological polar surface area (TPSA) is 18.5 Å². The normalized spacial score (nSPS) is 11.1. The van der Waals surface area contributed by atoms with Crippen LogP contribution < -0.4 is 4.43 Å². The van der Waals surface area contributed by atoms with Crippen LogP contribution >= 0.6 is 0 Å². The highest BCUT2D eigenvalue weighted by molar-refractivity contribution is 6.65. The van der Waals surface area contributed by atoms with E-state index in [1.807, 2.05) is 50.4 Å². The molecule has 2 nitrogen and oxygen atoms in total. The minimum absolute atomic E-state index is 0.698. The molecule has 0 saturated heterocycles. The second-order valence-electron chi connectivity index (χ2n) is 3.71. The summed E-state index contributed by atoms with van der Waals surface area (Å²) in [6.45, 7) is 10.5. The van der Waals surface area contributed by atoms with E-state index in [4.69, 9.17) is 8.85 Å². The fraction of sp³-hybridized carbons (Fsp3) is 0.333. The van der Waals surface area contributed by atoms with Gasteiger partial charge in [-0.25, -0.2) is 0 Å². The minimum Gasteiger partial charge on any atom is -0.520 e. The lowest BCUT2D eigenvalue weighted by molar-refractivity contribution is 0.264. The lowest BCUT2D eigenvalue weighted by atomic mass is 10.2. The zero-order valence-electron chi connectivity index (χ0n) is 9.62. The molecule has 0 atom stereocenters. The third kappa shape index (κ3) is 3.89. The average Bonchev–Trinajstić information content (AvgIpc) is 2.18. The van der Waals surface area contributed by atoms with Crippen molar-refractivity contribution in [3.63, 3.8) is 0 Å². The first-order valence-corrected chi connectivity index (χ1v) is 7.94. The Hall–Kier alpha value is -1.06. The Labute approximate surface area is 92.8 Å². The summed E-state index contributed by atoms with van der Waals surface area (Å²) in [5.74, 6) is 0.866. The molecule has 0 fully saturated rings. The molecule has 1 aromatic carbocycles. The van der Waals surface area contributed by atoms with Crippen LogP contribution in [0, 0.1) is 0 Å². The van der Waals surface area contributed by atoms with Gasteiger partial charge in [0.15, 0.2) is 0 Å². The molecule has 0 saturated carbocycles.